The molecule has 0 rings (SSSR count). The van der Waals surface area contributed by atoms with Crippen LogP contribution in [0, 0.1) is 0 Å². The summed E-state index contributed by atoms with van der Waals surface area (Å²) in [7, 11) is -4.40. The highest BCUT2D eigenvalue weighted by molar-refractivity contribution is 7.46. The number of carbonyl (C=O) groups is 1. The Morgan fingerprint density at radius 1 is 1.43 bits per heavy atom. The van der Waals surface area contributed by atoms with Crippen LogP contribution in [-0.4, -0.2) is 29.0 Å². The van der Waals surface area contributed by atoms with Crippen LogP contribution in [0.4, 0.5) is 0 Å². The molecule has 0 heterocycles. The molecule has 82 valence electrons. The summed E-state index contributed by atoms with van der Waals surface area (Å²) in [5.74, 6) is -0.483. The zero-order valence-corrected chi connectivity index (χ0v) is 8.65. The number of hydrogen-bond acceptors (Lipinski definition) is 4. The molecule has 0 aliphatic rings. The van der Waals surface area contributed by atoms with Crippen LogP contribution in [0.5, 0.6) is 0 Å². The van der Waals surface area contributed by atoms with Crippen molar-refractivity contribution in [1.29, 1.82) is 0 Å². The van der Waals surface area contributed by atoms with Gasteiger partial charge in [0.05, 0.1) is 13.2 Å². The van der Waals surface area contributed by atoms with E-state index >= 15 is 0 Å². The third kappa shape index (κ3) is 9.41. The lowest BCUT2D eigenvalue weighted by molar-refractivity contribution is -0.137. The molecule has 0 aliphatic carbocycles. The number of ether oxygens (including phenoxy) is 1. The predicted molar refractivity (Wildman–Crippen MR) is 48.4 cm³/mol. The summed E-state index contributed by atoms with van der Waals surface area (Å²) in [4.78, 5) is 27.3. The average Bonchev–Trinajstić information content (AvgIpc) is 2.02. The maximum absolute atomic E-state index is 10.7. The minimum atomic E-state index is -4.40. The Bertz CT molecular complexity index is 243. The fourth-order valence-electron chi connectivity index (χ4n) is 0.599. The van der Waals surface area contributed by atoms with Crippen molar-refractivity contribution in [2.45, 2.75) is 13.3 Å². The normalized spacial score (nSPS) is 11.9. The van der Waals surface area contributed by atoms with E-state index in [9.17, 15) is 9.36 Å². The molecule has 0 spiro atoms. The maximum Gasteiger partial charge on any atom is 0.469 e. The Kier molecular flexibility index (Phi) is 6.40. The molecule has 0 aliphatic heterocycles. The molecule has 2 N–H and O–H groups in total. The van der Waals surface area contributed by atoms with Crippen molar-refractivity contribution < 1.29 is 28.4 Å². The van der Waals surface area contributed by atoms with E-state index in [4.69, 9.17) is 9.79 Å². The van der Waals surface area contributed by atoms with Gasteiger partial charge < -0.3 is 14.5 Å². The number of rotatable bonds is 6. The zero-order chi connectivity index (χ0) is 11.0. The smallest absolute Gasteiger partial charge is 0.462 e. The van der Waals surface area contributed by atoms with Crippen LogP contribution in [0.25, 0.3) is 0 Å². The topological polar surface area (TPSA) is 93.1 Å². The van der Waals surface area contributed by atoms with Crippen LogP contribution in [0.2, 0.25) is 0 Å². The van der Waals surface area contributed by atoms with Gasteiger partial charge in [0.1, 0.15) is 0 Å². The molecule has 0 fully saturated rings. The lowest BCUT2D eigenvalue weighted by atomic mass is 10.5. The number of carbonyl (C=O) groups excluding carboxylic acids is 1. The molecule has 7 heteroatoms. The average molecular weight is 224 g/mol. The first-order chi connectivity index (χ1) is 6.45. The van der Waals surface area contributed by atoms with Crippen LogP contribution in [-0.2, 0) is 18.6 Å². The largest absolute Gasteiger partial charge is 0.469 e. The number of hydrogen-bond donors (Lipinski definition) is 2. The van der Waals surface area contributed by atoms with Crippen LogP contribution in [0.1, 0.15) is 13.3 Å². The Hall–Kier alpha value is -0.680. The lowest BCUT2D eigenvalue weighted by Crippen LogP contribution is -2.04. The SMILES string of the molecule is C/C=C/C(=O)OCCCOP(=O)(O)O. The second-order valence-corrected chi connectivity index (χ2v) is 3.58. The van der Waals surface area contributed by atoms with E-state index in [1.165, 1.54) is 12.2 Å². The summed E-state index contributed by atoms with van der Waals surface area (Å²) in [6.45, 7) is 1.61. The van der Waals surface area contributed by atoms with Crippen molar-refractivity contribution in [3.8, 4) is 0 Å². The summed E-state index contributed by atoms with van der Waals surface area (Å²) >= 11 is 0. The van der Waals surface area contributed by atoms with Gasteiger partial charge in [-0.3, -0.25) is 4.52 Å². The Morgan fingerprint density at radius 2 is 2.07 bits per heavy atom. The molecular weight excluding hydrogens is 211 g/mol. The van der Waals surface area contributed by atoms with E-state index < -0.39 is 13.8 Å². The Balaban J connectivity index is 3.39. The molecule has 14 heavy (non-hydrogen) atoms. The van der Waals surface area contributed by atoms with Gasteiger partial charge in [-0.05, 0) is 6.92 Å². The third-order valence-corrected chi connectivity index (χ3v) is 1.61. The van der Waals surface area contributed by atoms with Gasteiger partial charge in [0, 0.05) is 12.5 Å². The number of esters is 1. The van der Waals surface area contributed by atoms with Crippen LogP contribution in [0.3, 0.4) is 0 Å². The summed E-state index contributed by atoms with van der Waals surface area (Å²) in [5, 5.41) is 0. The van der Waals surface area contributed by atoms with E-state index in [2.05, 4.69) is 9.26 Å². The van der Waals surface area contributed by atoms with Gasteiger partial charge in [-0.25, -0.2) is 9.36 Å². The second-order valence-electron chi connectivity index (χ2n) is 2.34. The molecule has 0 atom stereocenters. The van der Waals surface area contributed by atoms with Crippen LogP contribution >= 0.6 is 7.82 Å². The van der Waals surface area contributed by atoms with Gasteiger partial charge in [0.2, 0.25) is 0 Å². The highest BCUT2D eigenvalue weighted by atomic mass is 31.2. The molecule has 0 unspecified atom stereocenters. The van der Waals surface area contributed by atoms with Crippen molar-refractivity contribution in [1.82, 2.24) is 0 Å². The first-order valence-corrected chi connectivity index (χ1v) is 5.48. The first-order valence-electron chi connectivity index (χ1n) is 3.95. The van der Waals surface area contributed by atoms with E-state index in [1.807, 2.05) is 0 Å². The van der Waals surface area contributed by atoms with E-state index in [0.29, 0.717) is 0 Å². The number of phosphoric ester groups is 1. The predicted octanol–water partition coefficient (Wildman–Crippen LogP) is 0.605. The van der Waals surface area contributed by atoms with Crippen molar-refractivity contribution in [3.05, 3.63) is 12.2 Å². The summed E-state index contributed by atoms with van der Waals surface area (Å²) in [6, 6.07) is 0. The fraction of sp³-hybridized carbons (Fsp3) is 0.571. The van der Waals surface area contributed by atoms with E-state index in [1.54, 1.807) is 6.92 Å². The Labute approximate surface area is 81.8 Å². The molecule has 0 saturated carbocycles. The highest BCUT2D eigenvalue weighted by Crippen LogP contribution is 2.35. The minimum Gasteiger partial charge on any atom is -0.462 e. The van der Waals surface area contributed by atoms with Crippen LogP contribution < -0.4 is 0 Å². The van der Waals surface area contributed by atoms with Gasteiger partial charge in [-0.1, -0.05) is 6.08 Å². The third-order valence-electron chi connectivity index (χ3n) is 1.10. The summed E-state index contributed by atoms with van der Waals surface area (Å²) in [5.41, 5.74) is 0. The molecule has 0 aromatic rings. The maximum atomic E-state index is 10.7. The standard InChI is InChI=1S/C7H13O6P/c1-2-4-7(8)12-5-3-6-13-14(9,10)11/h2,4H,3,5-6H2,1H3,(H2,9,10,11)/b4-2+. The highest BCUT2D eigenvalue weighted by Gasteiger charge is 2.12. The second kappa shape index (κ2) is 6.73. The molecule has 0 amide bonds. The van der Waals surface area contributed by atoms with Crippen LogP contribution in [0.15, 0.2) is 12.2 Å². The zero-order valence-electron chi connectivity index (χ0n) is 7.75. The first kappa shape index (κ1) is 13.3. The molecular formula is C7H13O6P. The van der Waals surface area contributed by atoms with Crippen molar-refractivity contribution in [3.63, 3.8) is 0 Å². The molecule has 6 nitrogen and oxygen atoms in total. The van der Waals surface area contributed by atoms with Crippen molar-refractivity contribution in [2.24, 2.45) is 0 Å². The van der Waals surface area contributed by atoms with Gasteiger partial charge in [0.15, 0.2) is 0 Å². The molecule has 0 bridgehead atoms. The lowest BCUT2D eigenvalue weighted by Gasteiger charge is -2.04. The monoisotopic (exact) mass is 224 g/mol. The molecule has 0 saturated heterocycles. The van der Waals surface area contributed by atoms with Gasteiger partial charge in [-0.2, -0.15) is 0 Å². The van der Waals surface area contributed by atoms with Gasteiger partial charge in [-0.15, -0.1) is 0 Å². The minimum absolute atomic E-state index is 0.0726. The fourth-order valence-corrected chi connectivity index (χ4v) is 0.966. The van der Waals surface area contributed by atoms with E-state index in [-0.39, 0.29) is 19.6 Å². The molecule has 0 aromatic carbocycles. The molecule has 0 radical (unpaired) electrons. The summed E-state index contributed by atoms with van der Waals surface area (Å²) in [6.07, 6.45) is 3.03. The Morgan fingerprint density at radius 3 is 2.57 bits per heavy atom. The van der Waals surface area contributed by atoms with Crippen molar-refractivity contribution >= 4 is 13.8 Å². The van der Waals surface area contributed by atoms with Crippen molar-refractivity contribution in [2.75, 3.05) is 13.2 Å². The number of allylic oxidation sites excluding steroid dienone is 1. The quantitative estimate of drug-likeness (QED) is 0.297. The molecule has 0 aromatic heterocycles. The summed E-state index contributed by atoms with van der Waals surface area (Å²) < 4.78 is 19.0. The number of phosphoric acid groups is 1. The van der Waals surface area contributed by atoms with Gasteiger partial charge in [0.25, 0.3) is 0 Å². The van der Waals surface area contributed by atoms with Gasteiger partial charge >= 0.3 is 13.8 Å². The van der Waals surface area contributed by atoms with E-state index in [0.717, 1.165) is 0 Å².